The summed E-state index contributed by atoms with van der Waals surface area (Å²) < 4.78 is 10.6. The van der Waals surface area contributed by atoms with Crippen LogP contribution in [0.5, 0.6) is 0 Å². The molecule has 0 saturated heterocycles. The summed E-state index contributed by atoms with van der Waals surface area (Å²) in [5, 5.41) is 17.5. The SMILES string of the molecule is CNCCCNC(C)CCOCC(=O)NCCSSCCN=COCCCOO. The van der Waals surface area contributed by atoms with Crippen LogP contribution in [0.25, 0.3) is 0 Å². The quantitative estimate of drug-likeness (QED) is 0.0481. The smallest absolute Gasteiger partial charge is 0.246 e. The summed E-state index contributed by atoms with van der Waals surface area (Å²) in [6, 6.07) is 0.389. The van der Waals surface area contributed by atoms with Gasteiger partial charge in [-0.1, -0.05) is 21.6 Å². The van der Waals surface area contributed by atoms with Gasteiger partial charge in [0, 0.05) is 37.1 Å². The molecule has 0 aromatic heterocycles. The molecule has 0 bridgehead atoms. The van der Waals surface area contributed by atoms with Crippen molar-refractivity contribution in [1.29, 1.82) is 0 Å². The Hall–Kier alpha value is -0.560. The van der Waals surface area contributed by atoms with Gasteiger partial charge in [0.2, 0.25) is 5.91 Å². The molecular formula is C18H38N4O5S2. The van der Waals surface area contributed by atoms with E-state index in [4.69, 9.17) is 14.7 Å². The monoisotopic (exact) mass is 454 g/mol. The fraction of sp³-hybridized carbons (Fsp3) is 0.889. The highest BCUT2D eigenvalue weighted by molar-refractivity contribution is 8.76. The molecule has 0 aromatic carbocycles. The molecule has 172 valence electrons. The zero-order valence-electron chi connectivity index (χ0n) is 17.7. The molecule has 0 radical (unpaired) electrons. The standard InChI is InChI=1S/C18H38N4O5S2/c1-17(21-7-3-6-19-2)5-12-25-15-18(23)22-9-14-29-28-13-8-20-16-26-10-4-11-27-24/h16-17,19,21,24H,3-15H2,1-2H3,(H,22,23). The number of hydrogen-bond donors (Lipinski definition) is 4. The predicted octanol–water partition coefficient (Wildman–Crippen LogP) is 1.40. The van der Waals surface area contributed by atoms with Gasteiger partial charge >= 0.3 is 0 Å². The molecule has 29 heavy (non-hydrogen) atoms. The second-order valence-corrected chi connectivity index (χ2v) is 8.92. The van der Waals surface area contributed by atoms with Crippen molar-refractivity contribution >= 4 is 33.9 Å². The molecule has 0 fully saturated rings. The van der Waals surface area contributed by atoms with Crippen molar-refractivity contribution in [2.45, 2.75) is 32.2 Å². The summed E-state index contributed by atoms with van der Waals surface area (Å²) in [6.45, 7) is 6.86. The van der Waals surface area contributed by atoms with E-state index < -0.39 is 0 Å². The average Bonchev–Trinajstić information content (AvgIpc) is 2.72. The van der Waals surface area contributed by atoms with Crippen molar-refractivity contribution in [2.24, 2.45) is 4.99 Å². The molecule has 1 atom stereocenters. The van der Waals surface area contributed by atoms with E-state index in [0.717, 1.165) is 37.4 Å². The van der Waals surface area contributed by atoms with Crippen LogP contribution in [0.15, 0.2) is 4.99 Å². The number of nitrogens with zero attached hydrogens (tertiary/aromatic N) is 1. The Bertz CT molecular complexity index is 395. The highest BCUT2D eigenvalue weighted by Gasteiger charge is 2.03. The Morgan fingerprint density at radius 1 is 1.14 bits per heavy atom. The highest BCUT2D eigenvalue weighted by atomic mass is 33.1. The van der Waals surface area contributed by atoms with Gasteiger partial charge < -0.3 is 25.4 Å². The first kappa shape index (κ1) is 28.4. The van der Waals surface area contributed by atoms with Crippen LogP contribution in [-0.2, 0) is 19.2 Å². The van der Waals surface area contributed by atoms with E-state index in [-0.39, 0.29) is 19.1 Å². The second kappa shape index (κ2) is 23.7. The zero-order valence-corrected chi connectivity index (χ0v) is 19.3. The molecule has 0 saturated carbocycles. The lowest BCUT2D eigenvalue weighted by Crippen LogP contribution is -2.32. The maximum absolute atomic E-state index is 11.7. The molecule has 9 nitrogen and oxygen atoms in total. The first-order valence-electron chi connectivity index (χ1n) is 10.0. The topological polar surface area (TPSA) is 113 Å². The maximum atomic E-state index is 11.7. The fourth-order valence-corrected chi connectivity index (χ4v) is 3.78. The summed E-state index contributed by atoms with van der Waals surface area (Å²) in [7, 11) is 5.37. The van der Waals surface area contributed by atoms with E-state index in [2.05, 4.69) is 32.8 Å². The number of nitrogens with one attached hydrogen (secondary N) is 3. The Balaban J connectivity index is 3.30. The normalized spacial score (nSPS) is 12.4. The fourth-order valence-electron chi connectivity index (χ4n) is 2.00. The van der Waals surface area contributed by atoms with E-state index >= 15 is 0 Å². The van der Waals surface area contributed by atoms with Gasteiger partial charge in [-0.05, 0) is 39.9 Å². The average molecular weight is 455 g/mol. The van der Waals surface area contributed by atoms with Crippen molar-refractivity contribution in [1.82, 2.24) is 16.0 Å². The van der Waals surface area contributed by atoms with Gasteiger partial charge in [-0.15, -0.1) is 0 Å². The van der Waals surface area contributed by atoms with Crippen LogP contribution < -0.4 is 16.0 Å². The molecule has 0 aliphatic rings. The van der Waals surface area contributed by atoms with E-state index in [9.17, 15) is 4.79 Å². The Morgan fingerprint density at radius 2 is 1.97 bits per heavy atom. The van der Waals surface area contributed by atoms with E-state index in [0.29, 0.717) is 38.8 Å². The third kappa shape index (κ3) is 23.6. The first-order valence-corrected chi connectivity index (χ1v) is 12.5. The van der Waals surface area contributed by atoms with Crippen molar-refractivity contribution < 1.29 is 24.4 Å². The van der Waals surface area contributed by atoms with Crippen molar-refractivity contribution in [3.8, 4) is 0 Å². The molecule has 1 unspecified atom stereocenters. The van der Waals surface area contributed by atoms with Crippen molar-refractivity contribution in [3.63, 3.8) is 0 Å². The molecule has 0 rings (SSSR count). The zero-order chi connectivity index (χ0) is 21.4. The highest BCUT2D eigenvalue weighted by Crippen LogP contribution is 2.19. The van der Waals surface area contributed by atoms with Crippen molar-refractivity contribution in [2.75, 3.05) is 71.2 Å². The number of carbonyl (C=O) groups excluding carboxylic acids is 1. The first-order chi connectivity index (χ1) is 14.2. The van der Waals surface area contributed by atoms with Gasteiger partial charge in [-0.2, -0.15) is 0 Å². The summed E-state index contributed by atoms with van der Waals surface area (Å²) in [5.74, 6) is 1.65. The maximum Gasteiger partial charge on any atom is 0.246 e. The Labute approximate surface area is 182 Å². The van der Waals surface area contributed by atoms with Crippen LogP contribution in [0.3, 0.4) is 0 Å². The second-order valence-electron chi connectivity index (χ2n) is 6.22. The Kier molecular flexibility index (Phi) is 23.3. The van der Waals surface area contributed by atoms with Crippen LogP contribution in [0.1, 0.15) is 26.2 Å². The number of ether oxygens (including phenoxy) is 2. The molecular weight excluding hydrogens is 416 g/mol. The summed E-state index contributed by atoms with van der Waals surface area (Å²) in [4.78, 5) is 19.8. The van der Waals surface area contributed by atoms with Gasteiger partial charge in [-0.3, -0.25) is 15.0 Å². The number of amides is 1. The van der Waals surface area contributed by atoms with Gasteiger partial charge in [0.15, 0.2) is 6.40 Å². The number of hydrogen-bond acceptors (Lipinski definition) is 10. The van der Waals surface area contributed by atoms with Crippen LogP contribution in [0.4, 0.5) is 0 Å². The van der Waals surface area contributed by atoms with E-state index in [1.807, 2.05) is 7.05 Å². The lowest BCUT2D eigenvalue weighted by molar-refractivity contribution is -0.243. The number of rotatable bonds is 22. The molecule has 0 spiro atoms. The summed E-state index contributed by atoms with van der Waals surface area (Å²) in [6.07, 6.45) is 4.05. The summed E-state index contributed by atoms with van der Waals surface area (Å²) >= 11 is 0. The molecule has 0 aliphatic heterocycles. The molecule has 11 heteroatoms. The molecule has 0 aromatic rings. The van der Waals surface area contributed by atoms with Crippen LogP contribution in [0, 0.1) is 0 Å². The van der Waals surface area contributed by atoms with Gasteiger partial charge in [0.25, 0.3) is 0 Å². The van der Waals surface area contributed by atoms with Crippen molar-refractivity contribution in [3.05, 3.63) is 0 Å². The third-order valence-electron chi connectivity index (χ3n) is 3.57. The van der Waals surface area contributed by atoms with Crippen LogP contribution >= 0.6 is 21.6 Å². The minimum Gasteiger partial charge on any atom is -0.483 e. The Morgan fingerprint density at radius 3 is 2.76 bits per heavy atom. The predicted molar refractivity (Wildman–Crippen MR) is 122 cm³/mol. The molecule has 1 amide bonds. The largest absolute Gasteiger partial charge is 0.483 e. The lowest BCUT2D eigenvalue weighted by Gasteiger charge is -2.13. The van der Waals surface area contributed by atoms with Gasteiger partial charge in [0.05, 0.1) is 19.8 Å². The molecule has 0 aliphatic carbocycles. The lowest BCUT2D eigenvalue weighted by atomic mass is 10.2. The van der Waals surface area contributed by atoms with Gasteiger partial charge in [0.1, 0.15) is 6.61 Å². The molecule has 0 heterocycles. The third-order valence-corrected chi connectivity index (χ3v) is 5.95. The van der Waals surface area contributed by atoms with Gasteiger partial charge in [-0.25, -0.2) is 4.89 Å². The van der Waals surface area contributed by atoms with E-state index in [1.54, 1.807) is 21.6 Å². The minimum atomic E-state index is -0.0708. The summed E-state index contributed by atoms with van der Waals surface area (Å²) in [5.41, 5.74) is 0. The van der Waals surface area contributed by atoms with Crippen LogP contribution in [-0.4, -0.2) is 94.8 Å². The number of aliphatic imine (C=N–C) groups is 1. The van der Waals surface area contributed by atoms with Crippen LogP contribution in [0.2, 0.25) is 0 Å². The van der Waals surface area contributed by atoms with E-state index in [1.165, 1.54) is 6.40 Å². The molecule has 4 N–H and O–H groups in total. The number of carbonyl (C=O) groups is 1. The minimum absolute atomic E-state index is 0.0708.